The predicted molar refractivity (Wildman–Crippen MR) is 40.1 cm³/mol. The molecule has 1 aliphatic rings. The highest BCUT2D eigenvalue weighted by atomic mass is 16.5. The van der Waals surface area contributed by atoms with Crippen molar-refractivity contribution in [2.45, 2.75) is 32.5 Å². The fourth-order valence-electron chi connectivity index (χ4n) is 1.51. The Hall–Kier alpha value is -0.570. The molecule has 3 heteroatoms. The summed E-state index contributed by atoms with van der Waals surface area (Å²) in [5, 5.41) is 0. The third kappa shape index (κ3) is 1.71. The summed E-state index contributed by atoms with van der Waals surface area (Å²) in [6.07, 6.45) is 0.986. The number of hydrogen-bond acceptors (Lipinski definition) is 3. The first-order valence-corrected chi connectivity index (χ1v) is 3.88. The molecule has 0 saturated carbocycles. The zero-order chi connectivity index (χ0) is 8.43. The highest BCUT2D eigenvalue weighted by molar-refractivity contribution is 5.73. The minimum Gasteiger partial charge on any atom is -0.469 e. The van der Waals surface area contributed by atoms with Gasteiger partial charge < -0.3 is 9.47 Å². The van der Waals surface area contributed by atoms with E-state index in [0.29, 0.717) is 0 Å². The van der Waals surface area contributed by atoms with Crippen LogP contribution in [0.5, 0.6) is 0 Å². The smallest absolute Gasteiger partial charge is 0.311 e. The van der Waals surface area contributed by atoms with Gasteiger partial charge in [0.1, 0.15) is 0 Å². The molecule has 1 fully saturated rings. The van der Waals surface area contributed by atoms with Gasteiger partial charge in [-0.25, -0.2) is 0 Å². The predicted octanol–water partition coefficient (Wildman–Crippen LogP) is 0.973. The SMILES string of the molecule is COC(=O)[C@H]1C[C@@H](C)O[C@H]1C. The molecule has 64 valence electrons. The van der Waals surface area contributed by atoms with Crippen LogP contribution in [-0.2, 0) is 14.3 Å². The van der Waals surface area contributed by atoms with Crippen LogP contribution in [-0.4, -0.2) is 25.3 Å². The summed E-state index contributed by atoms with van der Waals surface area (Å²) in [6, 6.07) is 0. The lowest BCUT2D eigenvalue weighted by Gasteiger charge is -2.09. The minimum absolute atomic E-state index is 0.0115. The second-order valence-corrected chi connectivity index (χ2v) is 3.02. The Morgan fingerprint density at radius 3 is 2.55 bits per heavy atom. The van der Waals surface area contributed by atoms with Crippen LogP contribution in [0.2, 0.25) is 0 Å². The molecule has 0 unspecified atom stereocenters. The van der Waals surface area contributed by atoms with Crippen molar-refractivity contribution in [2.75, 3.05) is 7.11 Å². The van der Waals surface area contributed by atoms with Gasteiger partial charge in [0.15, 0.2) is 0 Å². The topological polar surface area (TPSA) is 35.5 Å². The maximum Gasteiger partial charge on any atom is 0.311 e. The van der Waals surface area contributed by atoms with Crippen LogP contribution in [0.15, 0.2) is 0 Å². The summed E-state index contributed by atoms with van der Waals surface area (Å²) in [7, 11) is 1.41. The quantitative estimate of drug-likeness (QED) is 0.533. The highest BCUT2D eigenvalue weighted by Crippen LogP contribution is 2.26. The molecule has 0 bridgehead atoms. The van der Waals surface area contributed by atoms with E-state index in [9.17, 15) is 4.79 Å². The van der Waals surface area contributed by atoms with E-state index >= 15 is 0 Å². The molecular formula is C8H14O3. The van der Waals surface area contributed by atoms with E-state index in [1.54, 1.807) is 0 Å². The number of esters is 1. The van der Waals surface area contributed by atoms with Crippen molar-refractivity contribution in [1.82, 2.24) is 0 Å². The first kappa shape index (κ1) is 8.53. The van der Waals surface area contributed by atoms with Crippen molar-refractivity contribution < 1.29 is 14.3 Å². The van der Waals surface area contributed by atoms with Gasteiger partial charge in [0.2, 0.25) is 0 Å². The molecule has 3 nitrogen and oxygen atoms in total. The van der Waals surface area contributed by atoms with Crippen LogP contribution in [0.3, 0.4) is 0 Å². The van der Waals surface area contributed by atoms with Gasteiger partial charge in [-0.3, -0.25) is 4.79 Å². The summed E-state index contributed by atoms with van der Waals surface area (Å²) in [6.45, 7) is 3.88. The molecule has 0 aromatic heterocycles. The molecule has 1 heterocycles. The number of hydrogen-bond donors (Lipinski definition) is 0. The number of rotatable bonds is 1. The molecule has 0 aromatic rings. The summed E-state index contributed by atoms with van der Waals surface area (Å²) >= 11 is 0. The normalized spacial score (nSPS) is 37.2. The van der Waals surface area contributed by atoms with E-state index in [-0.39, 0.29) is 24.1 Å². The van der Waals surface area contributed by atoms with Crippen molar-refractivity contribution in [3.05, 3.63) is 0 Å². The molecular weight excluding hydrogens is 144 g/mol. The van der Waals surface area contributed by atoms with Gasteiger partial charge in [0.05, 0.1) is 25.2 Å². The number of carbonyl (C=O) groups excluding carboxylic acids is 1. The van der Waals surface area contributed by atoms with Gasteiger partial charge in [-0.2, -0.15) is 0 Å². The second kappa shape index (κ2) is 3.22. The third-order valence-electron chi connectivity index (χ3n) is 2.10. The number of methoxy groups -OCH3 is 1. The van der Waals surface area contributed by atoms with E-state index in [4.69, 9.17) is 4.74 Å². The van der Waals surface area contributed by atoms with E-state index in [2.05, 4.69) is 4.74 Å². The molecule has 11 heavy (non-hydrogen) atoms. The zero-order valence-electron chi connectivity index (χ0n) is 7.16. The van der Waals surface area contributed by atoms with E-state index < -0.39 is 0 Å². The minimum atomic E-state index is -0.151. The fraction of sp³-hybridized carbons (Fsp3) is 0.875. The van der Waals surface area contributed by atoms with Crippen LogP contribution in [0.25, 0.3) is 0 Å². The first-order valence-electron chi connectivity index (χ1n) is 3.88. The average molecular weight is 158 g/mol. The molecule has 0 amide bonds. The Labute approximate surface area is 66.7 Å². The van der Waals surface area contributed by atoms with E-state index in [1.807, 2.05) is 13.8 Å². The summed E-state index contributed by atoms with van der Waals surface area (Å²) in [5.41, 5.74) is 0. The fourth-order valence-corrected chi connectivity index (χ4v) is 1.51. The molecule has 1 aliphatic heterocycles. The van der Waals surface area contributed by atoms with E-state index in [0.717, 1.165) is 6.42 Å². The molecule has 0 aromatic carbocycles. The average Bonchev–Trinajstić information content (AvgIpc) is 2.28. The van der Waals surface area contributed by atoms with Crippen LogP contribution in [0.1, 0.15) is 20.3 Å². The number of carbonyl (C=O) groups is 1. The lowest BCUT2D eigenvalue weighted by Crippen LogP contribution is -2.22. The Bertz CT molecular complexity index is 155. The molecule has 1 rings (SSSR count). The lowest BCUT2D eigenvalue weighted by molar-refractivity contribution is -0.146. The van der Waals surface area contributed by atoms with E-state index in [1.165, 1.54) is 7.11 Å². The van der Waals surface area contributed by atoms with Crippen molar-refractivity contribution in [2.24, 2.45) is 5.92 Å². The molecule has 0 radical (unpaired) electrons. The first-order chi connectivity index (χ1) is 5.15. The summed E-state index contributed by atoms with van der Waals surface area (Å²) in [4.78, 5) is 11.1. The van der Waals surface area contributed by atoms with Gasteiger partial charge in [-0.05, 0) is 20.3 Å². The second-order valence-electron chi connectivity index (χ2n) is 3.02. The monoisotopic (exact) mass is 158 g/mol. The van der Waals surface area contributed by atoms with Gasteiger partial charge in [0.25, 0.3) is 0 Å². The molecule has 1 saturated heterocycles. The molecule has 0 aliphatic carbocycles. The summed E-state index contributed by atoms with van der Waals surface area (Å²) < 4.78 is 10.0. The standard InChI is InChI=1S/C8H14O3/c1-5-4-7(6(2)11-5)8(9)10-3/h5-7H,4H2,1-3H3/t5-,6+,7+/m1/s1. The van der Waals surface area contributed by atoms with Crippen LogP contribution in [0, 0.1) is 5.92 Å². The summed E-state index contributed by atoms with van der Waals surface area (Å²) in [5.74, 6) is -0.211. The van der Waals surface area contributed by atoms with Crippen LogP contribution >= 0.6 is 0 Å². The molecule has 0 N–H and O–H groups in total. The zero-order valence-corrected chi connectivity index (χ0v) is 7.16. The lowest BCUT2D eigenvalue weighted by atomic mass is 10.0. The maximum atomic E-state index is 11.1. The molecule has 3 atom stereocenters. The molecule has 0 spiro atoms. The maximum absolute atomic E-state index is 11.1. The largest absolute Gasteiger partial charge is 0.469 e. The van der Waals surface area contributed by atoms with Gasteiger partial charge >= 0.3 is 5.97 Å². The van der Waals surface area contributed by atoms with Crippen molar-refractivity contribution >= 4 is 5.97 Å². The highest BCUT2D eigenvalue weighted by Gasteiger charge is 2.35. The number of ether oxygens (including phenoxy) is 2. The Balaban J connectivity index is 2.52. The van der Waals surface area contributed by atoms with Crippen LogP contribution in [0.4, 0.5) is 0 Å². The van der Waals surface area contributed by atoms with Crippen LogP contribution < -0.4 is 0 Å². The van der Waals surface area contributed by atoms with Gasteiger partial charge in [0, 0.05) is 0 Å². The Kier molecular flexibility index (Phi) is 2.49. The third-order valence-corrected chi connectivity index (χ3v) is 2.10. The Morgan fingerprint density at radius 1 is 1.55 bits per heavy atom. The Morgan fingerprint density at radius 2 is 2.18 bits per heavy atom. The van der Waals surface area contributed by atoms with Crippen molar-refractivity contribution in [1.29, 1.82) is 0 Å². The van der Waals surface area contributed by atoms with Crippen molar-refractivity contribution in [3.63, 3.8) is 0 Å². The van der Waals surface area contributed by atoms with Gasteiger partial charge in [-0.15, -0.1) is 0 Å². The van der Waals surface area contributed by atoms with Gasteiger partial charge in [-0.1, -0.05) is 0 Å². The van der Waals surface area contributed by atoms with Crippen molar-refractivity contribution in [3.8, 4) is 0 Å².